The number of aromatic carboxylic acids is 1. The lowest BCUT2D eigenvalue weighted by atomic mass is 9.77. The molecular formula is C45H48N3O4+. The smallest absolute Gasteiger partial charge is 0.335 e. The molecular weight excluding hydrogens is 647 g/mol. The summed E-state index contributed by atoms with van der Waals surface area (Å²) in [5, 5.41) is 9.63. The highest BCUT2D eigenvalue weighted by Crippen LogP contribution is 2.59. The number of Topliss-reactive ketones (excluding diaryl/α,β-unsaturated/α-hetero) is 1. The second-order valence-electron chi connectivity index (χ2n) is 17.2. The van der Waals surface area contributed by atoms with Crippen LogP contribution in [0.2, 0.25) is 0 Å². The average molecular weight is 695 g/mol. The van der Waals surface area contributed by atoms with Gasteiger partial charge in [0.05, 0.1) is 29.2 Å². The molecule has 0 bridgehead atoms. The van der Waals surface area contributed by atoms with E-state index in [0.29, 0.717) is 16.9 Å². The van der Waals surface area contributed by atoms with Gasteiger partial charge in [-0.05, 0) is 89.7 Å². The standard InChI is InChI=1S/C45H47N3O4/c1-23-42(2,3)32-17-25-26-18-33-36(22-30(26)43(4,5)29(25)21-35(32)46(23)10)48(12)38(45(33,8)9)20-28-39(49)27(40(28)52-13)19-37-44(6,7)31-16-24(41(50)51)14-15-34(31)47(37)11/h14-22H,1H2,2-13H3/p+1. The molecule has 0 unspecified atom stereocenters. The van der Waals surface area contributed by atoms with E-state index in [-0.39, 0.29) is 27.6 Å². The molecule has 3 aromatic carbocycles. The van der Waals surface area contributed by atoms with Crippen molar-refractivity contribution in [3.63, 3.8) is 0 Å². The largest absolute Gasteiger partial charge is 0.495 e. The molecule has 7 heteroatoms. The van der Waals surface area contributed by atoms with Crippen molar-refractivity contribution in [2.45, 2.75) is 77.0 Å². The molecule has 3 aliphatic heterocycles. The lowest BCUT2D eigenvalue weighted by Crippen LogP contribution is -2.31. The molecule has 266 valence electrons. The van der Waals surface area contributed by atoms with E-state index < -0.39 is 11.4 Å². The monoisotopic (exact) mass is 694 g/mol. The summed E-state index contributed by atoms with van der Waals surface area (Å²) in [6, 6.07) is 14.8. The number of methoxy groups -OCH3 is 1. The van der Waals surface area contributed by atoms with Crippen molar-refractivity contribution in [3.05, 3.63) is 123 Å². The Balaban J connectivity index is 1.19. The quantitative estimate of drug-likeness (QED) is 0.218. The minimum absolute atomic E-state index is 0.0658. The van der Waals surface area contributed by atoms with E-state index >= 15 is 0 Å². The number of ketones is 1. The second kappa shape index (κ2) is 10.2. The number of rotatable bonds is 4. The topological polar surface area (TPSA) is 73.1 Å². The number of benzene rings is 3. The van der Waals surface area contributed by atoms with E-state index in [1.165, 1.54) is 39.1 Å². The molecule has 3 heterocycles. The van der Waals surface area contributed by atoms with Crippen LogP contribution in [0.15, 0.2) is 89.5 Å². The van der Waals surface area contributed by atoms with Gasteiger partial charge < -0.3 is 19.6 Å². The third-order valence-electron chi connectivity index (χ3n) is 13.1. The van der Waals surface area contributed by atoms with Crippen molar-refractivity contribution in [3.8, 4) is 11.1 Å². The predicted octanol–water partition coefficient (Wildman–Crippen LogP) is 8.66. The number of carboxylic acids is 1. The Hall–Kier alpha value is -5.17. The first-order chi connectivity index (χ1) is 24.2. The van der Waals surface area contributed by atoms with Crippen LogP contribution in [0.3, 0.4) is 0 Å². The number of carbonyl (C=O) groups excluding carboxylic acids is 1. The SMILES string of the molecule is C=C1N(C)c2cc3c(cc2C1(C)C)-c1cc2c(cc1C3(C)C)N(C)/C(=C\C1=C(OC)C(=C\C3=[N+](C)c4ccc(C(=O)O)cc4C3(C)C)/C1=O)C2(C)C. The van der Waals surface area contributed by atoms with Gasteiger partial charge in [-0.1, -0.05) is 48.1 Å². The summed E-state index contributed by atoms with van der Waals surface area (Å²) >= 11 is 0. The maximum Gasteiger partial charge on any atom is 0.335 e. The van der Waals surface area contributed by atoms with Gasteiger partial charge in [0.1, 0.15) is 12.8 Å². The highest BCUT2D eigenvalue weighted by atomic mass is 16.5. The number of carbonyl (C=O) groups is 2. The van der Waals surface area contributed by atoms with E-state index in [4.69, 9.17) is 4.74 Å². The number of ether oxygens (including phenoxy) is 1. The lowest BCUT2D eigenvalue weighted by molar-refractivity contribution is -0.401. The average Bonchev–Trinajstić information content (AvgIpc) is 3.58. The molecule has 1 N–H and O–H groups in total. The van der Waals surface area contributed by atoms with Crippen LogP contribution < -0.4 is 9.80 Å². The van der Waals surface area contributed by atoms with Gasteiger partial charge in [0, 0.05) is 70.8 Å². The molecule has 5 aliphatic rings. The summed E-state index contributed by atoms with van der Waals surface area (Å²) in [6.07, 6.45) is 3.93. The van der Waals surface area contributed by atoms with Crippen LogP contribution in [0.1, 0.15) is 93.6 Å². The molecule has 52 heavy (non-hydrogen) atoms. The van der Waals surface area contributed by atoms with E-state index in [1.54, 1.807) is 19.2 Å². The zero-order valence-electron chi connectivity index (χ0n) is 32.4. The van der Waals surface area contributed by atoms with Crippen LogP contribution in [0.25, 0.3) is 11.1 Å². The molecule has 3 aromatic rings. The first-order valence-electron chi connectivity index (χ1n) is 18.0. The molecule has 7 nitrogen and oxygen atoms in total. The van der Waals surface area contributed by atoms with Gasteiger partial charge in [-0.15, -0.1) is 0 Å². The summed E-state index contributed by atoms with van der Waals surface area (Å²) in [4.78, 5) is 30.3. The van der Waals surface area contributed by atoms with Crippen LogP contribution in [0, 0.1) is 0 Å². The third-order valence-corrected chi connectivity index (χ3v) is 13.1. The number of likely N-dealkylation sites (N-methyl/N-ethyl adjacent to an activating group) is 2. The van der Waals surface area contributed by atoms with E-state index in [2.05, 4.69) is 110 Å². The normalized spacial score (nSPS) is 22.5. The Kier molecular flexibility index (Phi) is 6.69. The maximum absolute atomic E-state index is 14.0. The summed E-state index contributed by atoms with van der Waals surface area (Å²) in [5.41, 5.74) is 15.1. The summed E-state index contributed by atoms with van der Waals surface area (Å²) in [5.74, 6) is -0.461. The Morgan fingerprint density at radius 2 is 1.35 bits per heavy atom. The van der Waals surface area contributed by atoms with Crippen LogP contribution in [-0.4, -0.2) is 55.4 Å². The van der Waals surface area contributed by atoms with Crippen LogP contribution >= 0.6 is 0 Å². The second-order valence-corrected chi connectivity index (χ2v) is 17.2. The molecule has 0 amide bonds. The van der Waals surface area contributed by atoms with Gasteiger partial charge in [0.25, 0.3) is 0 Å². The number of fused-ring (bicyclic) bond motifs is 6. The Morgan fingerprint density at radius 3 is 1.92 bits per heavy atom. The predicted molar refractivity (Wildman–Crippen MR) is 208 cm³/mol. The van der Waals surface area contributed by atoms with E-state index in [0.717, 1.165) is 34.0 Å². The summed E-state index contributed by atoms with van der Waals surface area (Å²) < 4.78 is 7.96. The number of nitrogens with zero attached hydrogens (tertiary/aromatic N) is 3. The minimum Gasteiger partial charge on any atom is -0.495 e. The van der Waals surface area contributed by atoms with Gasteiger partial charge in [-0.25, -0.2) is 4.79 Å². The van der Waals surface area contributed by atoms with Crippen molar-refractivity contribution in [2.24, 2.45) is 0 Å². The van der Waals surface area contributed by atoms with Crippen LogP contribution in [0.4, 0.5) is 17.1 Å². The maximum atomic E-state index is 14.0. The van der Waals surface area contributed by atoms with Crippen molar-refractivity contribution in [1.29, 1.82) is 0 Å². The molecule has 8 rings (SSSR count). The van der Waals surface area contributed by atoms with Crippen LogP contribution in [-0.2, 0) is 31.2 Å². The number of hydrogen-bond donors (Lipinski definition) is 1. The molecule has 0 spiro atoms. The Labute approximate surface area is 306 Å². The van der Waals surface area contributed by atoms with E-state index in [9.17, 15) is 14.7 Å². The fourth-order valence-corrected chi connectivity index (χ4v) is 9.66. The van der Waals surface area contributed by atoms with E-state index in [1.807, 2.05) is 29.8 Å². The molecule has 0 aromatic heterocycles. The molecule has 2 aliphatic carbocycles. The number of allylic oxidation sites excluding steroid dienone is 6. The number of hydrogen-bond acceptors (Lipinski definition) is 5. The molecule has 0 atom stereocenters. The zero-order valence-corrected chi connectivity index (χ0v) is 32.4. The highest BCUT2D eigenvalue weighted by Gasteiger charge is 2.49. The van der Waals surface area contributed by atoms with Crippen molar-refractivity contribution in [1.82, 2.24) is 0 Å². The molecule has 0 fully saturated rings. The van der Waals surface area contributed by atoms with Gasteiger partial charge in [-0.2, -0.15) is 4.58 Å². The highest BCUT2D eigenvalue weighted by molar-refractivity contribution is 6.24. The number of carboxylic acid groups (broad SMARTS) is 1. The van der Waals surface area contributed by atoms with Gasteiger partial charge in [-0.3, -0.25) is 4.79 Å². The first-order valence-corrected chi connectivity index (χ1v) is 18.0. The fourth-order valence-electron chi connectivity index (χ4n) is 9.66. The number of anilines is 2. The minimum atomic E-state index is -0.962. The van der Waals surface area contributed by atoms with Crippen molar-refractivity contribution in [2.75, 3.05) is 38.1 Å². The fraction of sp³-hybridized carbons (Fsp3) is 0.356. The zero-order chi connectivity index (χ0) is 37.8. The Bertz CT molecular complexity index is 2390. The molecule has 0 saturated carbocycles. The lowest BCUT2D eigenvalue weighted by Gasteiger charge is -2.28. The van der Waals surface area contributed by atoms with Gasteiger partial charge >= 0.3 is 5.97 Å². The van der Waals surface area contributed by atoms with Crippen LogP contribution in [0.5, 0.6) is 0 Å². The third kappa shape index (κ3) is 4.05. The summed E-state index contributed by atoms with van der Waals surface area (Å²) in [6.45, 7) is 22.2. The summed E-state index contributed by atoms with van der Waals surface area (Å²) in [7, 11) is 7.79. The first kappa shape index (κ1) is 33.9. The molecule has 0 radical (unpaired) electrons. The van der Waals surface area contributed by atoms with Crippen molar-refractivity contribution < 1.29 is 24.0 Å². The Morgan fingerprint density at radius 1 is 0.769 bits per heavy atom. The van der Waals surface area contributed by atoms with Crippen molar-refractivity contribution >= 4 is 34.5 Å². The van der Waals surface area contributed by atoms with Gasteiger partial charge in [0.2, 0.25) is 11.5 Å². The molecule has 0 saturated heterocycles. The van der Waals surface area contributed by atoms with Gasteiger partial charge in [0.15, 0.2) is 5.71 Å².